The number of amides is 3. The predicted molar refractivity (Wildman–Crippen MR) is 165 cm³/mol. The summed E-state index contributed by atoms with van der Waals surface area (Å²) in [5.74, 6) is -3.75. The van der Waals surface area contributed by atoms with Crippen molar-refractivity contribution in [1.82, 2.24) is 0 Å². The van der Waals surface area contributed by atoms with Gasteiger partial charge in [-0.3, -0.25) is 14.4 Å². The number of nitrogens with zero attached hydrogens (tertiary/aromatic N) is 1. The first kappa shape index (κ1) is 27.6. The molecular weight excluding hydrogens is 632 g/mol. The number of carbonyl (C=O) groups is 4. The first-order valence-corrected chi connectivity index (χ1v) is 15.0. The number of ether oxygens (including phenoxy) is 1. The van der Waals surface area contributed by atoms with Crippen LogP contribution in [0.4, 0.5) is 11.4 Å². The minimum atomic E-state index is -0.818. The van der Waals surface area contributed by atoms with Crippen LogP contribution in [0.15, 0.2) is 89.4 Å². The minimum Gasteiger partial charge on any atom is -0.452 e. The Morgan fingerprint density at radius 3 is 1.88 bits per heavy atom. The zero-order valence-corrected chi connectivity index (χ0v) is 25.2. The Labute approximate surface area is 260 Å². The Kier molecular flexibility index (Phi) is 6.71. The van der Waals surface area contributed by atoms with Crippen molar-refractivity contribution in [3.63, 3.8) is 0 Å². The van der Waals surface area contributed by atoms with Crippen LogP contribution in [0.2, 0.25) is 5.02 Å². The number of carbonyl (C=O) groups excluding carboxylic acids is 4. The van der Waals surface area contributed by atoms with E-state index in [-0.39, 0.29) is 34.9 Å². The van der Waals surface area contributed by atoms with Gasteiger partial charge in [0.15, 0.2) is 6.61 Å². The van der Waals surface area contributed by atoms with Crippen LogP contribution in [0.3, 0.4) is 0 Å². The van der Waals surface area contributed by atoms with Gasteiger partial charge in [0, 0.05) is 22.0 Å². The number of anilines is 2. The largest absolute Gasteiger partial charge is 0.452 e. The van der Waals surface area contributed by atoms with Crippen molar-refractivity contribution in [2.45, 2.75) is 18.8 Å². The highest BCUT2D eigenvalue weighted by atomic mass is 79.9. The van der Waals surface area contributed by atoms with Gasteiger partial charge in [0.1, 0.15) is 0 Å². The number of benzene rings is 4. The first-order valence-electron chi connectivity index (χ1n) is 13.8. The summed E-state index contributed by atoms with van der Waals surface area (Å²) in [6, 6.07) is 25.8. The van der Waals surface area contributed by atoms with Crippen LogP contribution in [0.1, 0.15) is 50.0 Å². The maximum Gasteiger partial charge on any atom is 0.340 e. The lowest BCUT2D eigenvalue weighted by Crippen LogP contribution is -2.41. The summed E-state index contributed by atoms with van der Waals surface area (Å²) in [5, 5.41) is 3.16. The molecule has 4 aromatic rings. The topological polar surface area (TPSA) is 92.8 Å². The lowest BCUT2D eigenvalue weighted by atomic mass is 9.55. The van der Waals surface area contributed by atoms with Crippen LogP contribution >= 0.6 is 27.5 Å². The van der Waals surface area contributed by atoms with Crippen molar-refractivity contribution in [2.24, 2.45) is 11.8 Å². The molecule has 1 aliphatic heterocycles. The highest BCUT2D eigenvalue weighted by Gasteiger charge is 2.62. The van der Waals surface area contributed by atoms with Crippen LogP contribution in [-0.2, 0) is 19.1 Å². The van der Waals surface area contributed by atoms with Crippen LogP contribution in [-0.4, -0.2) is 30.3 Å². The third-order valence-electron chi connectivity index (χ3n) is 8.76. The summed E-state index contributed by atoms with van der Waals surface area (Å²) in [6.07, 6.45) is 0. The van der Waals surface area contributed by atoms with E-state index in [4.69, 9.17) is 16.3 Å². The number of para-hydroxylation sites is 1. The number of imide groups is 1. The average Bonchev–Trinajstić information content (AvgIpc) is 3.30. The maximum atomic E-state index is 14.2. The average molecular weight is 656 g/mol. The van der Waals surface area contributed by atoms with Gasteiger partial charge in [0.05, 0.1) is 28.1 Å². The van der Waals surface area contributed by atoms with E-state index in [0.717, 1.165) is 27.2 Å². The highest BCUT2D eigenvalue weighted by Crippen LogP contribution is 2.61. The summed E-state index contributed by atoms with van der Waals surface area (Å²) in [4.78, 5) is 55.4. The number of halogens is 2. The van der Waals surface area contributed by atoms with Crippen molar-refractivity contribution < 1.29 is 23.9 Å². The molecule has 8 rings (SSSR count). The third kappa shape index (κ3) is 4.23. The molecule has 4 aliphatic rings. The van der Waals surface area contributed by atoms with E-state index in [1.54, 1.807) is 37.3 Å². The van der Waals surface area contributed by atoms with E-state index >= 15 is 0 Å². The zero-order chi connectivity index (χ0) is 30.0. The SMILES string of the molecule is Cc1c(NC(=O)COC(=O)c2ccccc2N2C(=O)[C@H]3C4c5ccccc5C(c5ccccc54)[C@@H]3C2=O)ccc(Br)c1Cl. The van der Waals surface area contributed by atoms with Gasteiger partial charge in [-0.1, -0.05) is 72.3 Å². The fourth-order valence-corrected chi connectivity index (χ4v) is 7.53. The molecule has 0 radical (unpaired) electrons. The van der Waals surface area contributed by atoms with E-state index in [0.29, 0.717) is 20.7 Å². The second kappa shape index (κ2) is 10.5. The number of rotatable bonds is 5. The van der Waals surface area contributed by atoms with Crippen molar-refractivity contribution in [2.75, 3.05) is 16.8 Å². The second-order valence-corrected chi connectivity index (χ2v) is 12.2. The maximum absolute atomic E-state index is 14.2. The van der Waals surface area contributed by atoms with Crippen molar-refractivity contribution in [3.8, 4) is 0 Å². The van der Waals surface area contributed by atoms with Gasteiger partial charge >= 0.3 is 5.97 Å². The smallest absolute Gasteiger partial charge is 0.340 e. The van der Waals surface area contributed by atoms with Gasteiger partial charge in [-0.05, 0) is 74.9 Å². The quantitative estimate of drug-likeness (QED) is 0.193. The number of nitrogens with one attached hydrogen (secondary N) is 1. The molecule has 3 aliphatic carbocycles. The van der Waals surface area contributed by atoms with Gasteiger partial charge < -0.3 is 10.1 Å². The molecule has 0 spiro atoms. The van der Waals surface area contributed by atoms with E-state index < -0.39 is 30.3 Å². The van der Waals surface area contributed by atoms with Gasteiger partial charge in [-0.15, -0.1) is 0 Å². The molecule has 7 nitrogen and oxygen atoms in total. The first-order chi connectivity index (χ1) is 20.8. The monoisotopic (exact) mass is 654 g/mol. The molecule has 1 saturated heterocycles. The Morgan fingerprint density at radius 2 is 1.33 bits per heavy atom. The van der Waals surface area contributed by atoms with Crippen LogP contribution in [0, 0.1) is 18.8 Å². The molecule has 3 amide bonds. The molecule has 2 bridgehead atoms. The lowest BCUT2D eigenvalue weighted by Gasteiger charge is -2.45. The zero-order valence-electron chi connectivity index (χ0n) is 22.8. The third-order valence-corrected chi connectivity index (χ3v) is 10.1. The summed E-state index contributed by atoms with van der Waals surface area (Å²) >= 11 is 9.60. The molecule has 0 aromatic heterocycles. The van der Waals surface area contributed by atoms with Crippen LogP contribution < -0.4 is 10.2 Å². The second-order valence-electron chi connectivity index (χ2n) is 11.0. The molecule has 9 heteroatoms. The summed E-state index contributed by atoms with van der Waals surface area (Å²) in [6.45, 7) is 1.19. The van der Waals surface area contributed by atoms with Gasteiger partial charge in [0.2, 0.25) is 11.8 Å². The molecule has 2 atom stereocenters. The van der Waals surface area contributed by atoms with E-state index in [1.807, 2.05) is 48.5 Å². The fourth-order valence-electron chi connectivity index (χ4n) is 6.94. The minimum absolute atomic E-state index is 0.0286. The van der Waals surface area contributed by atoms with Gasteiger partial charge in [-0.25, -0.2) is 9.69 Å². The van der Waals surface area contributed by atoms with Gasteiger partial charge in [0.25, 0.3) is 5.91 Å². The molecular formula is C34H24BrClN2O5. The van der Waals surface area contributed by atoms with Crippen molar-refractivity contribution in [3.05, 3.63) is 128 Å². The number of esters is 1. The van der Waals surface area contributed by atoms with Crippen LogP contribution in [0.5, 0.6) is 0 Å². The number of hydrogen-bond acceptors (Lipinski definition) is 5. The molecule has 43 heavy (non-hydrogen) atoms. The Morgan fingerprint density at radius 1 is 0.814 bits per heavy atom. The lowest BCUT2D eigenvalue weighted by molar-refractivity contribution is -0.122. The Hall–Kier alpha value is -4.27. The summed E-state index contributed by atoms with van der Waals surface area (Å²) in [7, 11) is 0. The fraction of sp³-hybridized carbons (Fsp3) is 0.176. The van der Waals surface area contributed by atoms with Crippen molar-refractivity contribution >= 4 is 62.6 Å². The Balaban J connectivity index is 1.16. The van der Waals surface area contributed by atoms with E-state index in [9.17, 15) is 19.2 Å². The molecule has 1 fully saturated rings. The normalized spacial score (nSPS) is 21.2. The van der Waals surface area contributed by atoms with Gasteiger partial charge in [-0.2, -0.15) is 0 Å². The number of hydrogen-bond donors (Lipinski definition) is 1. The molecule has 214 valence electrons. The molecule has 0 unspecified atom stereocenters. The standard InChI is InChI=1S/C34H24BrClN2O5/c1-17-24(15-14-23(35)31(17)36)37-26(39)16-43-34(42)22-12-6-7-13-25(22)38-32(40)29-27-18-8-2-3-9-19(18)28(30(29)33(38)41)21-11-5-4-10-20(21)27/h2-15,27-30H,16H2,1H3,(H,37,39)/t27?,28?,29-,30-/m0/s1. The molecule has 1 N–H and O–H groups in total. The molecule has 0 saturated carbocycles. The van der Waals surface area contributed by atoms with E-state index in [2.05, 4.69) is 21.2 Å². The molecule has 4 aromatic carbocycles. The summed E-state index contributed by atoms with van der Waals surface area (Å²) < 4.78 is 6.05. The summed E-state index contributed by atoms with van der Waals surface area (Å²) in [5.41, 5.74) is 5.59. The predicted octanol–water partition coefficient (Wildman–Crippen LogP) is 6.60. The molecule has 1 heterocycles. The highest BCUT2D eigenvalue weighted by molar-refractivity contribution is 9.10. The van der Waals surface area contributed by atoms with Crippen molar-refractivity contribution in [1.29, 1.82) is 0 Å². The Bertz CT molecular complexity index is 1760. The van der Waals surface area contributed by atoms with Crippen LogP contribution in [0.25, 0.3) is 0 Å². The van der Waals surface area contributed by atoms with E-state index in [1.165, 1.54) is 6.07 Å².